The fourth-order valence-electron chi connectivity index (χ4n) is 2.34. The molecule has 0 aromatic heterocycles. The molecule has 0 saturated carbocycles. The Kier molecular flexibility index (Phi) is 5.83. The minimum Gasteiger partial charge on any atom is -0.324 e. The highest BCUT2D eigenvalue weighted by Crippen LogP contribution is 2.24. The van der Waals surface area contributed by atoms with Gasteiger partial charge in [-0.1, -0.05) is 17.7 Å². The summed E-state index contributed by atoms with van der Waals surface area (Å²) >= 11 is 5.82. The zero-order valence-electron chi connectivity index (χ0n) is 13.9. The number of non-ortho nitro benzene ring substituents is 1. The summed E-state index contributed by atoms with van der Waals surface area (Å²) in [4.78, 5) is 22.7. The van der Waals surface area contributed by atoms with E-state index in [-0.39, 0.29) is 17.1 Å². The Labute approximate surface area is 155 Å². The van der Waals surface area contributed by atoms with E-state index in [1.807, 2.05) is 0 Å². The highest BCUT2D eigenvalue weighted by molar-refractivity contribution is 7.92. The number of benzene rings is 2. The number of hydrogen-bond acceptors (Lipinski definition) is 5. The second kappa shape index (κ2) is 7.71. The van der Waals surface area contributed by atoms with Gasteiger partial charge in [-0.05, 0) is 37.3 Å². The van der Waals surface area contributed by atoms with Crippen molar-refractivity contribution in [2.24, 2.45) is 0 Å². The summed E-state index contributed by atoms with van der Waals surface area (Å²) in [7, 11) is -3.77. The lowest BCUT2D eigenvalue weighted by molar-refractivity contribution is -0.384. The molecule has 26 heavy (non-hydrogen) atoms. The molecule has 0 radical (unpaired) electrons. The maximum Gasteiger partial charge on any atom is 0.271 e. The zero-order valence-corrected chi connectivity index (χ0v) is 15.5. The van der Waals surface area contributed by atoms with Crippen LogP contribution in [0.3, 0.4) is 0 Å². The van der Waals surface area contributed by atoms with Gasteiger partial charge in [0.15, 0.2) is 0 Å². The number of carbonyl (C=O) groups excluding carboxylic acids is 1. The summed E-state index contributed by atoms with van der Waals surface area (Å²) in [5.41, 5.74) is 0.285. The van der Waals surface area contributed by atoms with E-state index >= 15 is 0 Å². The standard InChI is InChI=1S/C16H16ClN3O5S/c1-11(16(21)18-13-4-3-5-15(10-13)20(22)23)19(26(2,24)25)14-8-6-12(17)7-9-14/h3-11H,1-2H3,(H,18,21). The molecule has 1 unspecified atom stereocenters. The maximum absolute atomic E-state index is 12.5. The van der Waals surface area contributed by atoms with Crippen molar-refractivity contribution in [3.8, 4) is 0 Å². The molecule has 0 fully saturated rings. The number of anilines is 2. The SMILES string of the molecule is CC(C(=O)Nc1cccc([N+](=O)[O-])c1)N(c1ccc(Cl)cc1)S(C)(=O)=O. The van der Waals surface area contributed by atoms with Crippen LogP contribution in [0.2, 0.25) is 5.02 Å². The summed E-state index contributed by atoms with van der Waals surface area (Å²) in [6.45, 7) is 1.42. The molecule has 8 nitrogen and oxygen atoms in total. The number of halogens is 1. The van der Waals surface area contributed by atoms with Crippen molar-refractivity contribution in [2.45, 2.75) is 13.0 Å². The molecule has 1 amide bonds. The molecule has 2 aromatic rings. The molecule has 0 aliphatic heterocycles. The predicted molar refractivity (Wildman–Crippen MR) is 100.0 cm³/mol. The maximum atomic E-state index is 12.5. The number of hydrogen-bond donors (Lipinski definition) is 1. The Hall–Kier alpha value is -2.65. The van der Waals surface area contributed by atoms with Crippen molar-refractivity contribution < 1.29 is 18.1 Å². The zero-order chi connectivity index (χ0) is 19.5. The van der Waals surface area contributed by atoms with Gasteiger partial charge in [-0.15, -0.1) is 0 Å². The number of nitrogens with one attached hydrogen (secondary N) is 1. The van der Waals surface area contributed by atoms with Gasteiger partial charge in [-0.25, -0.2) is 8.42 Å². The lowest BCUT2D eigenvalue weighted by Gasteiger charge is -2.28. The van der Waals surface area contributed by atoms with Crippen LogP contribution in [-0.4, -0.2) is 31.5 Å². The van der Waals surface area contributed by atoms with Crippen molar-refractivity contribution >= 4 is 44.6 Å². The molecule has 0 aliphatic carbocycles. The summed E-state index contributed by atoms with van der Waals surface area (Å²) in [5, 5.41) is 13.7. The monoisotopic (exact) mass is 397 g/mol. The van der Waals surface area contributed by atoms with Gasteiger partial charge in [0.2, 0.25) is 15.9 Å². The third kappa shape index (κ3) is 4.70. The number of rotatable bonds is 6. The van der Waals surface area contributed by atoms with Crippen LogP contribution >= 0.6 is 11.6 Å². The molecule has 2 aromatic carbocycles. The van der Waals surface area contributed by atoms with E-state index in [4.69, 9.17) is 11.6 Å². The molecule has 138 valence electrons. The van der Waals surface area contributed by atoms with Gasteiger partial charge in [0.1, 0.15) is 6.04 Å². The van der Waals surface area contributed by atoms with Crippen molar-refractivity contribution in [1.29, 1.82) is 0 Å². The molecular weight excluding hydrogens is 382 g/mol. The number of carbonyl (C=O) groups is 1. The van der Waals surface area contributed by atoms with Gasteiger partial charge in [0.05, 0.1) is 16.9 Å². The minimum atomic E-state index is -3.77. The summed E-state index contributed by atoms with van der Waals surface area (Å²) in [6.07, 6.45) is 0.985. The second-order valence-electron chi connectivity index (χ2n) is 5.51. The summed E-state index contributed by atoms with van der Waals surface area (Å²) in [5.74, 6) is -0.633. The van der Waals surface area contributed by atoms with Crippen LogP contribution in [-0.2, 0) is 14.8 Å². The predicted octanol–water partition coefficient (Wildman–Crippen LogP) is 3.04. The number of nitrogens with zero attached hydrogens (tertiary/aromatic N) is 2. The lowest BCUT2D eigenvalue weighted by atomic mass is 10.2. The number of nitro groups is 1. The molecule has 0 bridgehead atoms. The first kappa shape index (κ1) is 19.7. The van der Waals surface area contributed by atoms with Gasteiger partial charge in [0, 0.05) is 22.8 Å². The number of nitro benzene ring substituents is 1. The van der Waals surface area contributed by atoms with Crippen molar-refractivity contribution in [3.63, 3.8) is 0 Å². The fourth-order valence-corrected chi connectivity index (χ4v) is 3.64. The number of sulfonamides is 1. The van der Waals surface area contributed by atoms with E-state index in [1.54, 1.807) is 0 Å². The normalized spacial score (nSPS) is 12.3. The molecular formula is C16H16ClN3O5S. The quantitative estimate of drug-likeness (QED) is 0.595. The second-order valence-corrected chi connectivity index (χ2v) is 7.80. The summed E-state index contributed by atoms with van der Waals surface area (Å²) < 4.78 is 25.3. The first-order chi connectivity index (χ1) is 12.1. The first-order valence-corrected chi connectivity index (χ1v) is 9.62. The minimum absolute atomic E-state index is 0.187. The van der Waals surface area contributed by atoms with Gasteiger partial charge in [0.25, 0.3) is 5.69 Å². The molecule has 1 atom stereocenters. The van der Waals surface area contributed by atoms with Crippen molar-refractivity contribution in [1.82, 2.24) is 0 Å². The molecule has 1 N–H and O–H groups in total. The van der Waals surface area contributed by atoms with Crippen molar-refractivity contribution in [2.75, 3.05) is 15.9 Å². The summed E-state index contributed by atoms with van der Waals surface area (Å²) in [6, 6.07) is 10.3. The third-order valence-corrected chi connectivity index (χ3v) is 4.99. The van der Waals surface area contributed by atoms with Crippen LogP contribution < -0.4 is 9.62 Å². The molecule has 0 spiro atoms. The van der Waals surface area contributed by atoms with Crippen LogP contribution in [0.25, 0.3) is 0 Å². The molecule has 2 rings (SSSR count). The lowest BCUT2D eigenvalue weighted by Crippen LogP contribution is -2.45. The van der Waals surface area contributed by atoms with Crippen LogP contribution in [0, 0.1) is 10.1 Å². The highest BCUT2D eigenvalue weighted by Gasteiger charge is 2.29. The Morgan fingerprint density at radius 1 is 1.23 bits per heavy atom. The molecule has 0 aliphatic rings. The van der Waals surface area contributed by atoms with E-state index in [9.17, 15) is 23.3 Å². The van der Waals surface area contributed by atoms with Crippen molar-refractivity contribution in [3.05, 3.63) is 63.7 Å². The molecule has 0 saturated heterocycles. The Bertz CT molecular complexity index is 931. The smallest absolute Gasteiger partial charge is 0.271 e. The van der Waals surface area contributed by atoms with Gasteiger partial charge >= 0.3 is 0 Å². The molecule has 10 heteroatoms. The Morgan fingerprint density at radius 3 is 2.38 bits per heavy atom. The van der Waals surface area contributed by atoms with Gasteiger partial charge in [-0.2, -0.15) is 0 Å². The van der Waals surface area contributed by atoms with Crippen LogP contribution in [0.1, 0.15) is 6.92 Å². The van der Waals surface area contributed by atoms with Crippen LogP contribution in [0.15, 0.2) is 48.5 Å². The van der Waals surface area contributed by atoms with E-state index in [0.717, 1.165) is 10.6 Å². The Balaban J connectivity index is 2.29. The van der Waals surface area contributed by atoms with Gasteiger partial charge in [-0.3, -0.25) is 19.2 Å². The molecule has 0 heterocycles. The average molecular weight is 398 g/mol. The van der Waals surface area contributed by atoms with E-state index < -0.39 is 26.9 Å². The van der Waals surface area contributed by atoms with E-state index in [1.165, 1.54) is 55.5 Å². The Morgan fingerprint density at radius 2 is 1.85 bits per heavy atom. The van der Waals surface area contributed by atoms with Crippen LogP contribution in [0.5, 0.6) is 0 Å². The fraction of sp³-hybridized carbons (Fsp3) is 0.188. The average Bonchev–Trinajstić information content (AvgIpc) is 2.55. The highest BCUT2D eigenvalue weighted by atomic mass is 35.5. The topological polar surface area (TPSA) is 110 Å². The largest absolute Gasteiger partial charge is 0.324 e. The van der Waals surface area contributed by atoms with Gasteiger partial charge < -0.3 is 5.32 Å². The first-order valence-electron chi connectivity index (χ1n) is 7.40. The van der Waals surface area contributed by atoms with Crippen LogP contribution in [0.4, 0.5) is 17.1 Å². The third-order valence-electron chi connectivity index (χ3n) is 3.49. The van der Waals surface area contributed by atoms with E-state index in [2.05, 4.69) is 5.32 Å². The van der Waals surface area contributed by atoms with E-state index in [0.29, 0.717) is 5.02 Å². The number of amides is 1.